The van der Waals surface area contributed by atoms with E-state index in [1.165, 1.54) is 0 Å². The van der Waals surface area contributed by atoms with Crippen LogP contribution in [0.1, 0.15) is 12.0 Å². The molecule has 2 rings (SSSR count). The van der Waals surface area contributed by atoms with Crippen molar-refractivity contribution < 1.29 is 9.53 Å². The van der Waals surface area contributed by atoms with Crippen LogP contribution < -0.4 is 11.1 Å². The summed E-state index contributed by atoms with van der Waals surface area (Å²) < 4.78 is 5.17. The molecule has 0 spiro atoms. The third kappa shape index (κ3) is 2.73. The standard InChI is InChI=1S/C12H16N2O2/c13-11-3-1-2-9(6-11)7-14-12(15)10-4-5-16-8-10/h1-3,6,10H,4-5,7-8,13H2,(H,14,15). The van der Waals surface area contributed by atoms with Gasteiger partial charge in [-0.3, -0.25) is 4.79 Å². The lowest BCUT2D eigenvalue weighted by Gasteiger charge is -2.09. The van der Waals surface area contributed by atoms with Crippen molar-refractivity contribution in [3.05, 3.63) is 29.8 Å². The molecule has 1 amide bonds. The fraction of sp³-hybridized carbons (Fsp3) is 0.417. The van der Waals surface area contributed by atoms with Crippen LogP contribution in [0.5, 0.6) is 0 Å². The largest absolute Gasteiger partial charge is 0.399 e. The normalized spacial score (nSPS) is 19.6. The second-order valence-electron chi connectivity index (χ2n) is 4.02. The zero-order chi connectivity index (χ0) is 11.4. The van der Waals surface area contributed by atoms with Crippen LogP contribution in [0.25, 0.3) is 0 Å². The molecule has 1 unspecified atom stereocenters. The number of hydrogen-bond acceptors (Lipinski definition) is 3. The Morgan fingerprint density at radius 1 is 1.56 bits per heavy atom. The fourth-order valence-corrected chi connectivity index (χ4v) is 1.78. The molecule has 1 heterocycles. The van der Waals surface area contributed by atoms with E-state index in [-0.39, 0.29) is 11.8 Å². The van der Waals surface area contributed by atoms with Crippen LogP contribution in [0.3, 0.4) is 0 Å². The van der Waals surface area contributed by atoms with Crippen molar-refractivity contribution in [3.63, 3.8) is 0 Å². The van der Waals surface area contributed by atoms with E-state index in [1.807, 2.05) is 24.3 Å². The van der Waals surface area contributed by atoms with Gasteiger partial charge in [-0.1, -0.05) is 12.1 Å². The highest BCUT2D eigenvalue weighted by molar-refractivity contribution is 5.79. The number of rotatable bonds is 3. The van der Waals surface area contributed by atoms with E-state index < -0.39 is 0 Å². The lowest BCUT2D eigenvalue weighted by Crippen LogP contribution is -2.30. The van der Waals surface area contributed by atoms with Gasteiger partial charge in [0.15, 0.2) is 0 Å². The van der Waals surface area contributed by atoms with Crippen molar-refractivity contribution in [2.45, 2.75) is 13.0 Å². The van der Waals surface area contributed by atoms with Gasteiger partial charge >= 0.3 is 0 Å². The minimum absolute atomic E-state index is 0.0149. The molecule has 1 fully saturated rings. The summed E-state index contributed by atoms with van der Waals surface area (Å²) in [6, 6.07) is 7.53. The number of hydrogen-bond donors (Lipinski definition) is 2. The summed E-state index contributed by atoms with van der Waals surface area (Å²) in [6.07, 6.45) is 0.822. The van der Waals surface area contributed by atoms with E-state index in [2.05, 4.69) is 5.32 Å². The van der Waals surface area contributed by atoms with Gasteiger partial charge in [0.25, 0.3) is 0 Å². The Balaban J connectivity index is 1.84. The summed E-state index contributed by atoms with van der Waals surface area (Å²) in [6.45, 7) is 1.76. The zero-order valence-electron chi connectivity index (χ0n) is 9.11. The molecule has 0 saturated carbocycles. The van der Waals surface area contributed by atoms with E-state index in [9.17, 15) is 4.79 Å². The van der Waals surface area contributed by atoms with Gasteiger partial charge in [-0.05, 0) is 24.1 Å². The van der Waals surface area contributed by atoms with Crippen molar-refractivity contribution in [1.29, 1.82) is 0 Å². The first kappa shape index (κ1) is 11.0. The van der Waals surface area contributed by atoms with Gasteiger partial charge in [0, 0.05) is 18.8 Å². The second-order valence-corrected chi connectivity index (χ2v) is 4.02. The van der Waals surface area contributed by atoms with Crippen LogP contribution in [0, 0.1) is 5.92 Å². The first-order chi connectivity index (χ1) is 7.75. The average molecular weight is 220 g/mol. The van der Waals surface area contributed by atoms with Crippen molar-refractivity contribution >= 4 is 11.6 Å². The van der Waals surface area contributed by atoms with Gasteiger partial charge in [0.2, 0.25) is 5.91 Å². The Morgan fingerprint density at radius 2 is 2.44 bits per heavy atom. The predicted molar refractivity (Wildman–Crippen MR) is 61.6 cm³/mol. The summed E-state index contributed by atoms with van der Waals surface area (Å²) in [5, 5.41) is 2.89. The number of benzene rings is 1. The minimum atomic E-state index is 0.0149. The molecule has 0 aromatic heterocycles. The van der Waals surface area contributed by atoms with Gasteiger partial charge in [-0.15, -0.1) is 0 Å². The number of carbonyl (C=O) groups is 1. The molecule has 1 aromatic carbocycles. The molecule has 3 N–H and O–H groups in total. The van der Waals surface area contributed by atoms with Crippen LogP contribution in [0.2, 0.25) is 0 Å². The van der Waals surface area contributed by atoms with E-state index in [0.717, 1.165) is 17.7 Å². The summed E-state index contributed by atoms with van der Waals surface area (Å²) in [5.74, 6) is 0.0842. The Bertz CT molecular complexity index is 373. The minimum Gasteiger partial charge on any atom is -0.399 e. The summed E-state index contributed by atoms with van der Waals surface area (Å²) in [5.41, 5.74) is 7.39. The molecule has 0 bridgehead atoms. The average Bonchev–Trinajstić information content (AvgIpc) is 2.79. The van der Waals surface area contributed by atoms with E-state index in [0.29, 0.717) is 19.8 Å². The van der Waals surface area contributed by atoms with Crippen LogP contribution in [0.4, 0.5) is 5.69 Å². The number of nitrogens with one attached hydrogen (secondary N) is 1. The number of carbonyl (C=O) groups excluding carboxylic acids is 1. The molecule has 1 saturated heterocycles. The fourth-order valence-electron chi connectivity index (χ4n) is 1.78. The third-order valence-corrected chi connectivity index (χ3v) is 2.72. The maximum Gasteiger partial charge on any atom is 0.225 e. The Hall–Kier alpha value is -1.55. The molecule has 16 heavy (non-hydrogen) atoms. The van der Waals surface area contributed by atoms with Gasteiger partial charge < -0.3 is 15.8 Å². The molecule has 4 heteroatoms. The van der Waals surface area contributed by atoms with Gasteiger partial charge in [-0.25, -0.2) is 0 Å². The van der Waals surface area contributed by atoms with E-state index in [1.54, 1.807) is 0 Å². The van der Waals surface area contributed by atoms with E-state index in [4.69, 9.17) is 10.5 Å². The SMILES string of the molecule is Nc1cccc(CNC(=O)C2CCOC2)c1. The monoisotopic (exact) mass is 220 g/mol. The maximum absolute atomic E-state index is 11.7. The molecule has 86 valence electrons. The van der Waals surface area contributed by atoms with Gasteiger partial charge in [-0.2, -0.15) is 0 Å². The number of nitrogen functional groups attached to an aromatic ring is 1. The lowest BCUT2D eigenvalue weighted by molar-refractivity contribution is -0.125. The predicted octanol–water partition coefficient (Wildman–Crippen LogP) is 0.921. The Labute approximate surface area is 94.8 Å². The van der Waals surface area contributed by atoms with Crippen LogP contribution >= 0.6 is 0 Å². The first-order valence-electron chi connectivity index (χ1n) is 5.45. The Kier molecular flexibility index (Phi) is 3.41. The quantitative estimate of drug-likeness (QED) is 0.744. The smallest absolute Gasteiger partial charge is 0.225 e. The highest BCUT2D eigenvalue weighted by atomic mass is 16.5. The molecule has 1 aliphatic heterocycles. The molecule has 4 nitrogen and oxygen atoms in total. The van der Waals surface area contributed by atoms with Crippen LogP contribution in [0.15, 0.2) is 24.3 Å². The highest BCUT2D eigenvalue weighted by Gasteiger charge is 2.22. The number of amides is 1. The van der Waals surface area contributed by atoms with Gasteiger partial charge in [0.1, 0.15) is 0 Å². The van der Waals surface area contributed by atoms with Crippen molar-refractivity contribution in [1.82, 2.24) is 5.32 Å². The number of anilines is 1. The summed E-state index contributed by atoms with van der Waals surface area (Å²) >= 11 is 0. The third-order valence-electron chi connectivity index (χ3n) is 2.72. The lowest BCUT2D eigenvalue weighted by atomic mass is 10.1. The van der Waals surface area contributed by atoms with E-state index >= 15 is 0 Å². The maximum atomic E-state index is 11.7. The topological polar surface area (TPSA) is 64.3 Å². The summed E-state index contributed by atoms with van der Waals surface area (Å²) in [4.78, 5) is 11.7. The molecule has 0 radical (unpaired) electrons. The molecule has 0 aliphatic carbocycles. The van der Waals surface area contributed by atoms with Crippen LogP contribution in [-0.2, 0) is 16.1 Å². The second kappa shape index (κ2) is 4.99. The number of ether oxygens (including phenoxy) is 1. The van der Waals surface area contributed by atoms with Crippen molar-refractivity contribution in [2.24, 2.45) is 5.92 Å². The highest BCUT2D eigenvalue weighted by Crippen LogP contribution is 2.12. The van der Waals surface area contributed by atoms with Gasteiger partial charge in [0.05, 0.1) is 12.5 Å². The van der Waals surface area contributed by atoms with Crippen molar-refractivity contribution in [2.75, 3.05) is 18.9 Å². The number of nitrogens with two attached hydrogens (primary N) is 1. The zero-order valence-corrected chi connectivity index (χ0v) is 9.11. The molecule has 1 atom stereocenters. The first-order valence-corrected chi connectivity index (χ1v) is 5.45. The molecular weight excluding hydrogens is 204 g/mol. The van der Waals surface area contributed by atoms with Crippen LogP contribution in [-0.4, -0.2) is 19.1 Å². The molecule has 1 aromatic rings. The molecular formula is C12H16N2O2. The summed E-state index contributed by atoms with van der Waals surface area (Å²) in [7, 11) is 0. The molecule has 1 aliphatic rings. The Morgan fingerprint density at radius 3 is 3.12 bits per heavy atom. The van der Waals surface area contributed by atoms with Crippen molar-refractivity contribution in [3.8, 4) is 0 Å².